The monoisotopic (exact) mass is 392 g/mol. The van der Waals surface area contributed by atoms with Crippen LogP contribution in [0.2, 0.25) is 0 Å². The highest BCUT2D eigenvalue weighted by Crippen LogP contribution is 2.27. The van der Waals surface area contributed by atoms with Gasteiger partial charge in [0.2, 0.25) is 0 Å². The highest BCUT2D eigenvalue weighted by molar-refractivity contribution is 5.92. The van der Waals surface area contributed by atoms with E-state index in [1.165, 1.54) is 11.9 Å². The summed E-state index contributed by atoms with van der Waals surface area (Å²) in [5.74, 6) is 1.68. The zero-order valence-electron chi connectivity index (χ0n) is 16.5. The van der Waals surface area contributed by atoms with Crippen LogP contribution in [-0.2, 0) is 13.0 Å². The summed E-state index contributed by atoms with van der Waals surface area (Å²) in [6.07, 6.45) is 2.14. The van der Waals surface area contributed by atoms with Crippen LogP contribution in [0.4, 0.5) is 5.82 Å². The van der Waals surface area contributed by atoms with Crippen LogP contribution < -0.4 is 20.1 Å². The molecule has 0 unspecified atom stereocenters. The highest BCUT2D eigenvalue weighted by Gasteiger charge is 2.09. The van der Waals surface area contributed by atoms with Crippen LogP contribution in [-0.4, -0.2) is 36.6 Å². The predicted molar refractivity (Wildman–Crippen MR) is 111 cm³/mol. The summed E-state index contributed by atoms with van der Waals surface area (Å²) in [5, 5.41) is 6.09. The van der Waals surface area contributed by atoms with E-state index in [-0.39, 0.29) is 5.91 Å². The van der Waals surface area contributed by atoms with Crippen molar-refractivity contribution in [3.05, 3.63) is 77.7 Å². The highest BCUT2D eigenvalue weighted by atomic mass is 16.5. The van der Waals surface area contributed by atoms with Gasteiger partial charge in [-0.25, -0.2) is 9.97 Å². The maximum atomic E-state index is 12.4. The fourth-order valence-corrected chi connectivity index (χ4v) is 2.82. The van der Waals surface area contributed by atoms with E-state index in [1.54, 1.807) is 20.3 Å². The molecule has 1 amide bonds. The number of carbonyl (C=O) groups excluding carboxylic acids is 1. The number of anilines is 1. The molecule has 1 heterocycles. The van der Waals surface area contributed by atoms with Crippen molar-refractivity contribution >= 4 is 11.7 Å². The lowest BCUT2D eigenvalue weighted by molar-refractivity contribution is 0.0949. The maximum absolute atomic E-state index is 12.4. The van der Waals surface area contributed by atoms with Crippen LogP contribution in [0.1, 0.15) is 21.6 Å². The van der Waals surface area contributed by atoms with Gasteiger partial charge in [-0.2, -0.15) is 0 Å². The number of methoxy groups -OCH3 is 2. The van der Waals surface area contributed by atoms with Crippen molar-refractivity contribution in [3.8, 4) is 11.5 Å². The zero-order valence-corrected chi connectivity index (χ0v) is 16.5. The quantitative estimate of drug-likeness (QED) is 0.582. The lowest BCUT2D eigenvalue weighted by Gasteiger charge is -2.11. The molecule has 2 N–H and O–H groups in total. The molecular formula is C22H24N4O3. The molecule has 0 radical (unpaired) electrons. The summed E-state index contributed by atoms with van der Waals surface area (Å²) < 4.78 is 10.6. The molecule has 0 bridgehead atoms. The molecule has 0 aliphatic rings. The van der Waals surface area contributed by atoms with Gasteiger partial charge in [0.05, 0.1) is 14.2 Å². The van der Waals surface area contributed by atoms with Gasteiger partial charge in [-0.1, -0.05) is 36.4 Å². The number of aromatic nitrogens is 2. The molecule has 1 aromatic heterocycles. The second-order valence-electron chi connectivity index (χ2n) is 6.32. The van der Waals surface area contributed by atoms with Crippen molar-refractivity contribution < 1.29 is 14.3 Å². The van der Waals surface area contributed by atoms with Crippen molar-refractivity contribution in [3.63, 3.8) is 0 Å². The summed E-state index contributed by atoms with van der Waals surface area (Å²) in [7, 11) is 3.20. The SMILES string of the molecule is COc1ccc(CNc2cc(C(=O)NCCc3ccccc3)ncn2)cc1OC. The third kappa shape index (κ3) is 5.68. The molecule has 7 heteroatoms. The number of hydrogen-bond acceptors (Lipinski definition) is 6. The number of hydrogen-bond donors (Lipinski definition) is 2. The van der Waals surface area contributed by atoms with E-state index in [4.69, 9.17) is 9.47 Å². The number of carbonyl (C=O) groups is 1. The van der Waals surface area contributed by atoms with E-state index in [0.717, 1.165) is 12.0 Å². The van der Waals surface area contributed by atoms with Gasteiger partial charge in [0.15, 0.2) is 11.5 Å². The smallest absolute Gasteiger partial charge is 0.270 e. The zero-order chi connectivity index (χ0) is 20.5. The minimum absolute atomic E-state index is 0.225. The molecule has 0 atom stereocenters. The number of benzene rings is 2. The maximum Gasteiger partial charge on any atom is 0.270 e. The molecule has 0 aliphatic carbocycles. The fourth-order valence-electron chi connectivity index (χ4n) is 2.82. The molecule has 0 fully saturated rings. The Labute approximate surface area is 170 Å². The van der Waals surface area contributed by atoms with Gasteiger partial charge in [0.25, 0.3) is 5.91 Å². The Morgan fingerprint density at radius 3 is 2.48 bits per heavy atom. The van der Waals surface area contributed by atoms with E-state index in [0.29, 0.717) is 36.1 Å². The molecule has 0 spiro atoms. The largest absolute Gasteiger partial charge is 0.493 e. The van der Waals surface area contributed by atoms with Gasteiger partial charge in [-0.05, 0) is 29.7 Å². The molecule has 3 rings (SSSR count). The molecule has 150 valence electrons. The summed E-state index contributed by atoms with van der Waals surface area (Å²) in [5.41, 5.74) is 2.49. The Hall–Kier alpha value is -3.61. The van der Waals surface area contributed by atoms with Crippen molar-refractivity contribution in [1.82, 2.24) is 15.3 Å². The summed E-state index contributed by atoms with van der Waals surface area (Å²) in [4.78, 5) is 20.6. The normalized spacial score (nSPS) is 10.3. The molecule has 3 aromatic rings. The third-order valence-corrected chi connectivity index (χ3v) is 4.36. The van der Waals surface area contributed by atoms with Crippen LogP contribution in [0.15, 0.2) is 60.9 Å². The van der Waals surface area contributed by atoms with Gasteiger partial charge in [-0.3, -0.25) is 4.79 Å². The van der Waals surface area contributed by atoms with Crippen LogP contribution in [0.5, 0.6) is 11.5 Å². The second-order valence-corrected chi connectivity index (χ2v) is 6.32. The minimum Gasteiger partial charge on any atom is -0.493 e. The van der Waals surface area contributed by atoms with Crippen LogP contribution >= 0.6 is 0 Å². The standard InChI is InChI=1S/C22H24N4O3/c1-28-19-9-8-17(12-20(19)29-2)14-24-21-13-18(25-15-26-21)22(27)23-11-10-16-6-4-3-5-7-16/h3-9,12-13,15H,10-11,14H2,1-2H3,(H,23,27)(H,24,25,26). The van der Waals surface area contributed by atoms with E-state index in [1.807, 2.05) is 48.5 Å². The molecule has 0 saturated heterocycles. The summed E-state index contributed by atoms with van der Waals surface area (Å²) in [6.45, 7) is 1.06. The molecule has 0 aliphatic heterocycles. The molecule has 0 saturated carbocycles. The molecule has 7 nitrogen and oxygen atoms in total. The summed E-state index contributed by atoms with van der Waals surface area (Å²) in [6, 6.07) is 17.3. The van der Waals surface area contributed by atoms with Crippen molar-refractivity contribution in [2.75, 3.05) is 26.1 Å². The first kappa shape index (κ1) is 20.1. The summed E-state index contributed by atoms with van der Waals surface area (Å²) >= 11 is 0. The number of amides is 1. The van der Waals surface area contributed by atoms with Crippen LogP contribution in [0.3, 0.4) is 0 Å². The van der Waals surface area contributed by atoms with Gasteiger partial charge in [-0.15, -0.1) is 0 Å². The number of nitrogens with one attached hydrogen (secondary N) is 2. The number of ether oxygens (including phenoxy) is 2. The Morgan fingerprint density at radius 2 is 1.72 bits per heavy atom. The van der Waals surface area contributed by atoms with E-state index >= 15 is 0 Å². The van der Waals surface area contributed by atoms with E-state index < -0.39 is 0 Å². The van der Waals surface area contributed by atoms with E-state index in [2.05, 4.69) is 20.6 Å². The Bertz CT molecular complexity index is 948. The first-order valence-electron chi connectivity index (χ1n) is 9.28. The Balaban J connectivity index is 1.55. The van der Waals surface area contributed by atoms with Crippen LogP contribution in [0.25, 0.3) is 0 Å². The average Bonchev–Trinajstić information content (AvgIpc) is 2.78. The van der Waals surface area contributed by atoms with Gasteiger partial charge in [0, 0.05) is 19.2 Å². The lowest BCUT2D eigenvalue weighted by atomic mass is 10.1. The minimum atomic E-state index is -0.225. The molecule has 2 aromatic carbocycles. The Kier molecular flexibility index (Phi) is 7.00. The average molecular weight is 392 g/mol. The van der Waals surface area contributed by atoms with Gasteiger partial charge >= 0.3 is 0 Å². The third-order valence-electron chi connectivity index (χ3n) is 4.36. The predicted octanol–water partition coefficient (Wildman–Crippen LogP) is 3.08. The fraction of sp³-hybridized carbons (Fsp3) is 0.227. The van der Waals surface area contributed by atoms with Crippen molar-refractivity contribution in [1.29, 1.82) is 0 Å². The Morgan fingerprint density at radius 1 is 0.931 bits per heavy atom. The first-order chi connectivity index (χ1) is 14.2. The van der Waals surface area contributed by atoms with Crippen molar-refractivity contribution in [2.24, 2.45) is 0 Å². The molecular weight excluding hydrogens is 368 g/mol. The number of rotatable bonds is 9. The topological polar surface area (TPSA) is 85.4 Å². The van der Waals surface area contributed by atoms with Gasteiger partial charge in [0.1, 0.15) is 17.8 Å². The second kappa shape index (κ2) is 10.1. The van der Waals surface area contributed by atoms with Crippen molar-refractivity contribution in [2.45, 2.75) is 13.0 Å². The first-order valence-corrected chi connectivity index (χ1v) is 9.28. The van der Waals surface area contributed by atoms with Gasteiger partial charge < -0.3 is 20.1 Å². The molecule has 29 heavy (non-hydrogen) atoms. The van der Waals surface area contributed by atoms with E-state index in [9.17, 15) is 4.79 Å². The lowest BCUT2D eigenvalue weighted by Crippen LogP contribution is -2.26. The van der Waals surface area contributed by atoms with Crippen LogP contribution in [0, 0.1) is 0 Å². The number of nitrogens with zero attached hydrogens (tertiary/aromatic N) is 2.